The molecule has 1 heterocycles. The first kappa shape index (κ1) is 16.0. The molecule has 1 aromatic carbocycles. The molecule has 1 aromatic rings. The Labute approximate surface area is 136 Å². The van der Waals surface area contributed by atoms with Crippen molar-refractivity contribution >= 4 is 17.6 Å². The number of nitrogens with zero attached hydrogens (tertiary/aromatic N) is 1. The lowest BCUT2D eigenvalue weighted by Crippen LogP contribution is -2.35. The van der Waals surface area contributed by atoms with Gasteiger partial charge in [0, 0.05) is 18.2 Å². The second-order valence-corrected chi connectivity index (χ2v) is 6.71. The van der Waals surface area contributed by atoms with Crippen molar-refractivity contribution in [3.8, 4) is 0 Å². The molecule has 3 rings (SSSR count). The van der Waals surface area contributed by atoms with Gasteiger partial charge in [-0.05, 0) is 56.5 Å². The maximum absolute atomic E-state index is 12.0. The second-order valence-electron chi connectivity index (χ2n) is 6.71. The molecule has 124 valence electrons. The molecule has 0 bridgehead atoms. The fourth-order valence-electron chi connectivity index (χ4n) is 3.26. The topological polar surface area (TPSA) is 69.6 Å². The molecule has 1 saturated carbocycles. The van der Waals surface area contributed by atoms with Crippen molar-refractivity contribution in [1.82, 2.24) is 4.90 Å². The molecule has 0 atom stereocenters. The zero-order valence-electron chi connectivity index (χ0n) is 13.3. The van der Waals surface area contributed by atoms with Crippen LogP contribution in [0, 0.1) is 11.8 Å². The Balaban J connectivity index is 1.53. The summed E-state index contributed by atoms with van der Waals surface area (Å²) in [5, 5.41) is 12.1. The van der Waals surface area contributed by atoms with Crippen LogP contribution in [0.4, 0.5) is 5.69 Å². The van der Waals surface area contributed by atoms with Crippen molar-refractivity contribution < 1.29 is 14.7 Å². The van der Waals surface area contributed by atoms with Gasteiger partial charge in [-0.25, -0.2) is 0 Å². The number of anilines is 1. The highest BCUT2D eigenvalue weighted by Crippen LogP contribution is 2.28. The van der Waals surface area contributed by atoms with E-state index in [0.29, 0.717) is 12.8 Å². The van der Waals surface area contributed by atoms with E-state index in [4.69, 9.17) is 5.11 Å². The summed E-state index contributed by atoms with van der Waals surface area (Å²) in [6.07, 6.45) is 4.60. The third kappa shape index (κ3) is 4.10. The highest BCUT2D eigenvalue weighted by Gasteiger charge is 2.26. The SMILES string of the molecule is O=C(O)C1CCN(Cc2cccc(NC(=O)C3CCC3)c2)CC1. The summed E-state index contributed by atoms with van der Waals surface area (Å²) < 4.78 is 0. The van der Waals surface area contributed by atoms with Gasteiger partial charge in [0.15, 0.2) is 0 Å². The first-order valence-corrected chi connectivity index (χ1v) is 8.47. The number of nitrogens with one attached hydrogen (secondary N) is 1. The first-order chi connectivity index (χ1) is 11.1. The lowest BCUT2D eigenvalue weighted by Gasteiger charge is -2.30. The van der Waals surface area contributed by atoms with Gasteiger partial charge in [0.1, 0.15) is 0 Å². The minimum Gasteiger partial charge on any atom is -0.481 e. The highest BCUT2D eigenvalue weighted by molar-refractivity contribution is 5.93. The van der Waals surface area contributed by atoms with E-state index in [0.717, 1.165) is 50.1 Å². The van der Waals surface area contributed by atoms with Crippen molar-refractivity contribution in [2.24, 2.45) is 11.8 Å². The van der Waals surface area contributed by atoms with Crippen LogP contribution in [0.5, 0.6) is 0 Å². The summed E-state index contributed by atoms with van der Waals surface area (Å²) in [5.74, 6) is -0.547. The summed E-state index contributed by atoms with van der Waals surface area (Å²) in [7, 11) is 0. The summed E-state index contributed by atoms with van der Waals surface area (Å²) in [6, 6.07) is 7.98. The Morgan fingerprint density at radius 1 is 1.13 bits per heavy atom. The van der Waals surface area contributed by atoms with Gasteiger partial charge in [-0.3, -0.25) is 14.5 Å². The number of hydrogen-bond acceptors (Lipinski definition) is 3. The Morgan fingerprint density at radius 3 is 2.48 bits per heavy atom. The molecule has 1 amide bonds. The fraction of sp³-hybridized carbons (Fsp3) is 0.556. The van der Waals surface area contributed by atoms with Crippen molar-refractivity contribution in [1.29, 1.82) is 0 Å². The summed E-state index contributed by atoms with van der Waals surface area (Å²) in [5.41, 5.74) is 2.02. The number of carbonyl (C=O) groups excluding carboxylic acids is 1. The van der Waals surface area contributed by atoms with Crippen LogP contribution in [-0.2, 0) is 16.1 Å². The van der Waals surface area contributed by atoms with Crippen LogP contribution in [0.25, 0.3) is 0 Å². The summed E-state index contributed by atoms with van der Waals surface area (Å²) in [6.45, 7) is 2.44. The fourth-order valence-corrected chi connectivity index (χ4v) is 3.26. The molecular formula is C18H24N2O3. The molecule has 2 fully saturated rings. The lowest BCUT2D eigenvalue weighted by molar-refractivity contribution is -0.143. The number of benzene rings is 1. The minimum atomic E-state index is -0.676. The molecule has 5 heteroatoms. The molecule has 23 heavy (non-hydrogen) atoms. The average Bonchev–Trinajstić information content (AvgIpc) is 2.46. The third-order valence-electron chi connectivity index (χ3n) is 5.01. The van der Waals surface area contributed by atoms with Crippen molar-refractivity contribution in [2.75, 3.05) is 18.4 Å². The molecule has 1 saturated heterocycles. The highest BCUT2D eigenvalue weighted by atomic mass is 16.4. The van der Waals surface area contributed by atoms with Gasteiger partial charge in [0.25, 0.3) is 0 Å². The normalized spacial score (nSPS) is 20.0. The van der Waals surface area contributed by atoms with Crippen molar-refractivity contribution in [3.63, 3.8) is 0 Å². The first-order valence-electron chi connectivity index (χ1n) is 8.47. The van der Waals surface area contributed by atoms with Gasteiger partial charge in [-0.15, -0.1) is 0 Å². The van der Waals surface area contributed by atoms with E-state index in [9.17, 15) is 9.59 Å². The van der Waals surface area contributed by atoms with E-state index >= 15 is 0 Å². The van der Waals surface area contributed by atoms with Crippen LogP contribution in [0.15, 0.2) is 24.3 Å². The number of likely N-dealkylation sites (tertiary alicyclic amines) is 1. The van der Waals surface area contributed by atoms with Crippen LogP contribution in [0.1, 0.15) is 37.7 Å². The smallest absolute Gasteiger partial charge is 0.306 e. The molecule has 2 aliphatic rings. The van der Waals surface area contributed by atoms with Gasteiger partial charge in [-0.1, -0.05) is 18.6 Å². The zero-order valence-corrected chi connectivity index (χ0v) is 13.3. The number of rotatable bonds is 5. The van der Waals surface area contributed by atoms with Crippen LogP contribution < -0.4 is 5.32 Å². The molecule has 0 aromatic heterocycles. The molecular weight excluding hydrogens is 292 g/mol. The van der Waals surface area contributed by atoms with Crippen LogP contribution >= 0.6 is 0 Å². The third-order valence-corrected chi connectivity index (χ3v) is 5.01. The molecule has 1 aliphatic carbocycles. The van der Waals surface area contributed by atoms with E-state index < -0.39 is 5.97 Å². The lowest BCUT2D eigenvalue weighted by atomic mass is 9.85. The van der Waals surface area contributed by atoms with E-state index in [1.54, 1.807) is 0 Å². The van der Waals surface area contributed by atoms with Gasteiger partial charge < -0.3 is 10.4 Å². The molecule has 5 nitrogen and oxygen atoms in total. The number of aliphatic carboxylic acids is 1. The molecule has 0 unspecified atom stereocenters. The molecule has 2 N–H and O–H groups in total. The largest absolute Gasteiger partial charge is 0.481 e. The second kappa shape index (κ2) is 7.13. The maximum Gasteiger partial charge on any atom is 0.306 e. The van der Waals surface area contributed by atoms with Crippen LogP contribution in [-0.4, -0.2) is 35.0 Å². The van der Waals surface area contributed by atoms with Gasteiger partial charge in [-0.2, -0.15) is 0 Å². The quantitative estimate of drug-likeness (QED) is 0.876. The number of hydrogen-bond donors (Lipinski definition) is 2. The van der Waals surface area contributed by atoms with Crippen molar-refractivity contribution in [2.45, 2.75) is 38.6 Å². The Morgan fingerprint density at radius 2 is 1.87 bits per heavy atom. The summed E-state index contributed by atoms with van der Waals surface area (Å²) in [4.78, 5) is 25.3. The number of amides is 1. The molecule has 1 aliphatic heterocycles. The Bertz CT molecular complexity index is 575. The Hall–Kier alpha value is -1.88. The Kier molecular flexibility index (Phi) is 4.96. The van der Waals surface area contributed by atoms with E-state index in [2.05, 4.69) is 16.3 Å². The standard InChI is InChI=1S/C18H24N2O3/c21-17(14-4-2-5-14)19-16-6-1-3-13(11-16)12-20-9-7-15(8-10-20)18(22)23/h1,3,6,11,14-15H,2,4-5,7-10,12H2,(H,19,21)(H,22,23). The number of piperidine rings is 1. The molecule has 0 radical (unpaired) electrons. The van der Waals surface area contributed by atoms with E-state index in [1.807, 2.05) is 18.2 Å². The monoisotopic (exact) mass is 316 g/mol. The number of carboxylic acids is 1. The van der Waals surface area contributed by atoms with E-state index in [-0.39, 0.29) is 17.7 Å². The predicted octanol–water partition coefficient (Wildman–Crippen LogP) is 2.72. The number of carbonyl (C=O) groups is 2. The molecule has 0 spiro atoms. The van der Waals surface area contributed by atoms with Crippen LogP contribution in [0.2, 0.25) is 0 Å². The summed E-state index contributed by atoms with van der Waals surface area (Å²) >= 11 is 0. The van der Waals surface area contributed by atoms with Crippen molar-refractivity contribution in [3.05, 3.63) is 29.8 Å². The maximum atomic E-state index is 12.0. The predicted molar refractivity (Wildman–Crippen MR) is 88.0 cm³/mol. The van der Waals surface area contributed by atoms with Crippen LogP contribution in [0.3, 0.4) is 0 Å². The van der Waals surface area contributed by atoms with Gasteiger partial charge in [0.05, 0.1) is 5.92 Å². The van der Waals surface area contributed by atoms with Gasteiger partial charge in [0.2, 0.25) is 5.91 Å². The average molecular weight is 316 g/mol. The van der Waals surface area contributed by atoms with Gasteiger partial charge >= 0.3 is 5.97 Å². The zero-order chi connectivity index (χ0) is 16.2. The number of carboxylic acid groups (broad SMARTS) is 1. The van der Waals surface area contributed by atoms with E-state index in [1.165, 1.54) is 0 Å². The minimum absolute atomic E-state index is 0.135.